The Labute approximate surface area is 81.9 Å². The molecule has 0 radical (unpaired) electrons. The van der Waals surface area contributed by atoms with Crippen molar-refractivity contribution in [2.75, 3.05) is 0 Å². The van der Waals surface area contributed by atoms with Gasteiger partial charge in [-0.25, -0.2) is 0 Å². The summed E-state index contributed by atoms with van der Waals surface area (Å²) in [6.45, 7) is 3.68. The lowest BCUT2D eigenvalue weighted by atomic mass is 10.1. The van der Waals surface area contributed by atoms with Crippen LogP contribution in [0.4, 0.5) is 0 Å². The molecule has 0 aromatic rings. The fourth-order valence-corrected chi connectivity index (χ4v) is 2.34. The number of hydrogen-bond donors (Lipinski definition) is 1. The molecule has 5 heteroatoms. The minimum absolute atomic E-state index is 0.0869. The highest BCUT2D eigenvalue weighted by molar-refractivity contribution is 4.97. The van der Waals surface area contributed by atoms with Crippen molar-refractivity contribution in [2.24, 2.45) is 0 Å². The first-order chi connectivity index (χ1) is 6.55. The SMILES string of the molecule is CC1(C)O[C@H]2O[C@@H]3CC(O)O[C@@H]3[C@H]2O1. The molecule has 14 heavy (non-hydrogen) atoms. The number of aliphatic hydroxyl groups is 1. The van der Waals surface area contributed by atoms with Gasteiger partial charge in [0, 0.05) is 6.42 Å². The van der Waals surface area contributed by atoms with Gasteiger partial charge in [-0.1, -0.05) is 0 Å². The van der Waals surface area contributed by atoms with E-state index in [4.69, 9.17) is 18.9 Å². The largest absolute Gasteiger partial charge is 0.368 e. The molecule has 0 saturated carbocycles. The summed E-state index contributed by atoms with van der Waals surface area (Å²) in [5, 5.41) is 9.29. The van der Waals surface area contributed by atoms with Crippen LogP contribution < -0.4 is 0 Å². The normalized spacial score (nSPS) is 54.6. The van der Waals surface area contributed by atoms with E-state index in [1.54, 1.807) is 0 Å². The van der Waals surface area contributed by atoms with Crippen LogP contribution >= 0.6 is 0 Å². The predicted octanol–water partition coefficient (Wildman–Crippen LogP) is -0.0299. The molecule has 0 amide bonds. The number of hydrogen-bond acceptors (Lipinski definition) is 5. The maximum atomic E-state index is 9.29. The Bertz CT molecular complexity index is 254. The molecule has 1 N–H and O–H groups in total. The fourth-order valence-electron chi connectivity index (χ4n) is 2.34. The van der Waals surface area contributed by atoms with Crippen LogP contribution in [0.15, 0.2) is 0 Å². The molecular formula is C9H14O5. The molecule has 3 fully saturated rings. The third kappa shape index (κ3) is 1.20. The van der Waals surface area contributed by atoms with Gasteiger partial charge in [-0.3, -0.25) is 0 Å². The molecule has 3 saturated heterocycles. The Kier molecular flexibility index (Phi) is 1.73. The fraction of sp³-hybridized carbons (Fsp3) is 1.00. The molecule has 3 heterocycles. The smallest absolute Gasteiger partial charge is 0.190 e. The van der Waals surface area contributed by atoms with Gasteiger partial charge in [-0.2, -0.15) is 0 Å². The topological polar surface area (TPSA) is 57.2 Å². The van der Waals surface area contributed by atoms with Gasteiger partial charge in [-0.15, -0.1) is 0 Å². The molecule has 0 aromatic carbocycles. The van der Waals surface area contributed by atoms with Gasteiger partial charge in [-0.05, 0) is 13.8 Å². The van der Waals surface area contributed by atoms with Gasteiger partial charge in [0.2, 0.25) is 0 Å². The molecule has 80 valence electrons. The maximum absolute atomic E-state index is 9.29. The van der Waals surface area contributed by atoms with Gasteiger partial charge >= 0.3 is 0 Å². The highest BCUT2D eigenvalue weighted by atomic mass is 16.8. The predicted molar refractivity (Wildman–Crippen MR) is 44.2 cm³/mol. The molecule has 1 unspecified atom stereocenters. The van der Waals surface area contributed by atoms with Crippen LogP contribution in [0.3, 0.4) is 0 Å². The van der Waals surface area contributed by atoms with E-state index in [-0.39, 0.29) is 24.6 Å². The number of ether oxygens (including phenoxy) is 4. The first-order valence-corrected chi connectivity index (χ1v) is 4.90. The second-order valence-electron chi connectivity index (χ2n) is 4.43. The lowest BCUT2D eigenvalue weighted by molar-refractivity contribution is -0.210. The minimum atomic E-state index is -0.724. The zero-order valence-corrected chi connectivity index (χ0v) is 8.17. The van der Waals surface area contributed by atoms with E-state index < -0.39 is 12.1 Å². The minimum Gasteiger partial charge on any atom is -0.368 e. The van der Waals surface area contributed by atoms with Gasteiger partial charge in [0.1, 0.15) is 12.2 Å². The molecule has 0 bridgehead atoms. The number of rotatable bonds is 0. The van der Waals surface area contributed by atoms with Crippen molar-refractivity contribution in [3.63, 3.8) is 0 Å². The van der Waals surface area contributed by atoms with Crippen molar-refractivity contribution < 1.29 is 24.1 Å². The summed E-state index contributed by atoms with van der Waals surface area (Å²) in [7, 11) is 0. The van der Waals surface area contributed by atoms with Crippen molar-refractivity contribution in [1.82, 2.24) is 0 Å². The van der Waals surface area contributed by atoms with Gasteiger partial charge < -0.3 is 24.1 Å². The lowest BCUT2D eigenvalue weighted by Gasteiger charge is -2.20. The molecule has 5 atom stereocenters. The first kappa shape index (κ1) is 9.06. The summed E-state index contributed by atoms with van der Waals surface area (Å²) in [6, 6.07) is 0. The molecule has 5 nitrogen and oxygen atoms in total. The Morgan fingerprint density at radius 2 is 1.93 bits per heavy atom. The van der Waals surface area contributed by atoms with Crippen LogP contribution in [0, 0.1) is 0 Å². The second kappa shape index (κ2) is 2.68. The Morgan fingerprint density at radius 3 is 2.71 bits per heavy atom. The van der Waals surface area contributed by atoms with E-state index in [9.17, 15) is 5.11 Å². The van der Waals surface area contributed by atoms with E-state index in [1.165, 1.54) is 0 Å². The highest BCUT2D eigenvalue weighted by Crippen LogP contribution is 2.42. The maximum Gasteiger partial charge on any atom is 0.190 e. The van der Waals surface area contributed by atoms with Gasteiger partial charge in [0.05, 0.1) is 6.10 Å². The van der Waals surface area contributed by atoms with E-state index in [0.29, 0.717) is 6.42 Å². The van der Waals surface area contributed by atoms with Crippen molar-refractivity contribution in [3.05, 3.63) is 0 Å². The van der Waals surface area contributed by atoms with Crippen LogP contribution in [0.2, 0.25) is 0 Å². The van der Waals surface area contributed by atoms with Crippen LogP contribution in [-0.4, -0.2) is 41.8 Å². The van der Waals surface area contributed by atoms with Gasteiger partial charge in [0.15, 0.2) is 18.4 Å². The zero-order chi connectivity index (χ0) is 9.92. The molecule has 3 aliphatic rings. The van der Waals surface area contributed by atoms with E-state index in [2.05, 4.69) is 0 Å². The number of aliphatic hydroxyl groups excluding tert-OH is 1. The van der Waals surface area contributed by atoms with Crippen LogP contribution in [0.25, 0.3) is 0 Å². The van der Waals surface area contributed by atoms with Crippen LogP contribution in [-0.2, 0) is 18.9 Å². The number of fused-ring (bicyclic) bond motifs is 3. The summed E-state index contributed by atoms with van der Waals surface area (Å²) in [4.78, 5) is 0. The Balaban J connectivity index is 1.78. The monoisotopic (exact) mass is 202 g/mol. The van der Waals surface area contributed by atoms with Gasteiger partial charge in [0.25, 0.3) is 0 Å². The van der Waals surface area contributed by atoms with E-state index in [0.717, 1.165) is 0 Å². The summed E-state index contributed by atoms with van der Waals surface area (Å²) in [6.07, 6.45) is -1.03. The van der Waals surface area contributed by atoms with Crippen molar-refractivity contribution >= 4 is 0 Å². The van der Waals surface area contributed by atoms with E-state index >= 15 is 0 Å². The molecular weight excluding hydrogens is 188 g/mol. The Hall–Kier alpha value is -0.200. The standard InChI is InChI=1S/C9H14O5/c1-9(2)13-7-6-4(3-5(10)12-6)11-8(7)14-9/h4-8,10H,3H2,1-2H3/t4-,5?,6+,7-,8-/m1/s1. The van der Waals surface area contributed by atoms with Crippen LogP contribution in [0.1, 0.15) is 20.3 Å². The quantitative estimate of drug-likeness (QED) is 0.597. The van der Waals surface area contributed by atoms with Crippen molar-refractivity contribution in [1.29, 1.82) is 0 Å². The first-order valence-electron chi connectivity index (χ1n) is 4.90. The van der Waals surface area contributed by atoms with E-state index in [1.807, 2.05) is 13.8 Å². The summed E-state index contributed by atoms with van der Waals surface area (Å²) in [5.74, 6) is -0.614. The van der Waals surface area contributed by atoms with Crippen LogP contribution in [0.5, 0.6) is 0 Å². The average molecular weight is 202 g/mol. The van der Waals surface area contributed by atoms with Crippen molar-refractivity contribution in [2.45, 2.75) is 56.9 Å². The molecule has 0 spiro atoms. The molecule has 3 rings (SSSR count). The molecule has 0 aliphatic carbocycles. The Morgan fingerprint density at radius 1 is 1.14 bits per heavy atom. The highest BCUT2D eigenvalue weighted by Gasteiger charge is 2.58. The zero-order valence-electron chi connectivity index (χ0n) is 8.17. The summed E-state index contributed by atoms with van der Waals surface area (Å²) < 4.78 is 22.1. The summed E-state index contributed by atoms with van der Waals surface area (Å²) in [5.41, 5.74) is 0. The average Bonchev–Trinajstić information content (AvgIpc) is 2.58. The molecule has 0 aromatic heterocycles. The molecule has 3 aliphatic heterocycles. The third-order valence-corrected chi connectivity index (χ3v) is 2.84. The third-order valence-electron chi connectivity index (χ3n) is 2.84. The second-order valence-corrected chi connectivity index (χ2v) is 4.43. The van der Waals surface area contributed by atoms with Crippen molar-refractivity contribution in [3.8, 4) is 0 Å². The summed E-state index contributed by atoms with van der Waals surface area (Å²) >= 11 is 0. The lowest BCUT2D eigenvalue weighted by Crippen LogP contribution is -2.32.